The number of sulfone groups is 1. The molecule has 0 aromatic heterocycles. The SMILES string of the molecule is CCCNC(CS(C)(=O)=O)C1CCCCC1CC. The van der Waals surface area contributed by atoms with E-state index in [1.165, 1.54) is 38.4 Å². The molecule has 3 nitrogen and oxygen atoms in total. The average molecular weight is 275 g/mol. The Kier molecular flexibility index (Phi) is 6.64. The van der Waals surface area contributed by atoms with Gasteiger partial charge >= 0.3 is 0 Å². The van der Waals surface area contributed by atoms with Crippen molar-refractivity contribution in [2.75, 3.05) is 18.6 Å². The first-order valence-corrected chi connectivity index (χ1v) is 9.45. The van der Waals surface area contributed by atoms with Crippen LogP contribution in [0.5, 0.6) is 0 Å². The molecule has 108 valence electrons. The van der Waals surface area contributed by atoms with Gasteiger partial charge in [0.2, 0.25) is 0 Å². The second-order valence-corrected chi connectivity index (χ2v) is 7.95. The van der Waals surface area contributed by atoms with Crippen LogP contribution in [0.25, 0.3) is 0 Å². The number of nitrogens with one attached hydrogen (secondary N) is 1. The van der Waals surface area contributed by atoms with Gasteiger partial charge in [0.25, 0.3) is 0 Å². The molecule has 1 N–H and O–H groups in total. The second-order valence-electron chi connectivity index (χ2n) is 5.77. The Labute approximate surface area is 113 Å². The quantitative estimate of drug-likeness (QED) is 0.777. The van der Waals surface area contributed by atoms with E-state index in [2.05, 4.69) is 19.2 Å². The molecule has 0 saturated heterocycles. The summed E-state index contributed by atoms with van der Waals surface area (Å²) in [5.41, 5.74) is 0. The van der Waals surface area contributed by atoms with Crippen LogP contribution >= 0.6 is 0 Å². The van der Waals surface area contributed by atoms with Crippen LogP contribution in [0.4, 0.5) is 0 Å². The van der Waals surface area contributed by atoms with Gasteiger partial charge in [0.15, 0.2) is 0 Å². The topological polar surface area (TPSA) is 46.2 Å². The van der Waals surface area contributed by atoms with Gasteiger partial charge in [-0.1, -0.05) is 39.5 Å². The Morgan fingerprint density at radius 1 is 1.22 bits per heavy atom. The summed E-state index contributed by atoms with van der Waals surface area (Å²) < 4.78 is 23.2. The smallest absolute Gasteiger partial charge is 0.148 e. The molecule has 0 spiro atoms. The fourth-order valence-corrected chi connectivity index (χ4v) is 4.28. The van der Waals surface area contributed by atoms with Gasteiger partial charge in [-0.3, -0.25) is 0 Å². The molecule has 3 atom stereocenters. The summed E-state index contributed by atoms with van der Waals surface area (Å²) in [5.74, 6) is 1.55. The fourth-order valence-electron chi connectivity index (χ4n) is 3.26. The molecular formula is C14H29NO2S. The van der Waals surface area contributed by atoms with Crippen molar-refractivity contribution < 1.29 is 8.42 Å². The van der Waals surface area contributed by atoms with Crippen LogP contribution in [0, 0.1) is 11.8 Å². The molecular weight excluding hydrogens is 246 g/mol. The molecule has 1 aliphatic rings. The molecule has 18 heavy (non-hydrogen) atoms. The predicted octanol–water partition coefficient (Wildman–Crippen LogP) is 2.62. The first kappa shape index (κ1) is 16.0. The largest absolute Gasteiger partial charge is 0.313 e. The van der Waals surface area contributed by atoms with Crippen LogP contribution < -0.4 is 5.32 Å². The van der Waals surface area contributed by atoms with E-state index in [1.807, 2.05) is 0 Å². The van der Waals surface area contributed by atoms with Crippen molar-refractivity contribution in [2.45, 2.75) is 58.4 Å². The van der Waals surface area contributed by atoms with E-state index in [-0.39, 0.29) is 6.04 Å². The van der Waals surface area contributed by atoms with E-state index >= 15 is 0 Å². The zero-order chi connectivity index (χ0) is 13.6. The van der Waals surface area contributed by atoms with Gasteiger partial charge in [-0.15, -0.1) is 0 Å². The fraction of sp³-hybridized carbons (Fsp3) is 1.00. The van der Waals surface area contributed by atoms with E-state index in [1.54, 1.807) is 0 Å². The first-order valence-electron chi connectivity index (χ1n) is 7.39. The lowest BCUT2D eigenvalue weighted by Gasteiger charge is -2.37. The highest BCUT2D eigenvalue weighted by Gasteiger charge is 2.32. The number of hydrogen-bond acceptors (Lipinski definition) is 3. The van der Waals surface area contributed by atoms with Crippen LogP contribution in [0.1, 0.15) is 52.4 Å². The van der Waals surface area contributed by atoms with Gasteiger partial charge in [-0.2, -0.15) is 0 Å². The van der Waals surface area contributed by atoms with Gasteiger partial charge in [0.1, 0.15) is 9.84 Å². The lowest BCUT2D eigenvalue weighted by Crippen LogP contribution is -2.45. The molecule has 1 aliphatic carbocycles. The third kappa shape index (κ3) is 5.27. The summed E-state index contributed by atoms with van der Waals surface area (Å²) in [6, 6.07) is 0.158. The van der Waals surface area contributed by atoms with Crippen molar-refractivity contribution in [1.29, 1.82) is 0 Å². The van der Waals surface area contributed by atoms with Gasteiger partial charge in [0.05, 0.1) is 5.75 Å². The summed E-state index contributed by atoms with van der Waals surface area (Å²) in [6.45, 7) is 5.29. The lowest BCUT2D eigenvalue weighted by atomic mass is 9.74. The number of rotatable bonds is 7. The highest BCUT2D eigenvalue weighted by Crippen LogP contribution is 2.34. The maximum Gasteiger partial charge on any atom is 0.148 e. The van der Waals surface area contributed by atoms with Crippen LogP contribution in [-0.2, 0) is 9.84 Å². The Hall–Kier alpha value is -0.0900. The molecule has 1 saturated carbocycles. The molecule has 0 aromatic rings. The van der Waals surface area contributed by atoms with E-state index in [0.717, 1.165) is 13.0 Å². The van der Waals surface area contributed by atoms with E-state index < -0.39 is 9.84 Å². The maximum atomic E-state index is 11.6. The van der Waals surface area contributed by atoms with Crippen molar-refractivity contribution >= 4 is 9.84 Å². The minimum Gasteiger partial charge on any atom is -0.313 e. The molecule has 1 fully saturated rings. The van der Waals surface area contributed by atoms with Crippen molar-refractivity contribution in [3.05, 3.63) is 0 Å². The zero-order valence-corrected chi connectivity index (χ0v) is 12.9. The summed E-state index contributed by atoms with van der Waals surface area (Å²) in [7, 11) is -2.90. The van der Waals surface area contributed by atoms with Gasteiger partial charge in [-0.25, -0.2) is 8.42 Å². The molecule has 4 heteroatoms. The molecule has 1 rings (SSSR count). The van der Waals surface area contributed by atoms with E-state index in [4.69, 9.17) is 0 Å². The van der Waals surface area contributed by atoms with Gasteiger partial charge < -0.3 is 5.32 Å². The summed E-state index contributed by atoms with van der Waals surface area (Å²) in [6.07, 6.45) is 8.63. The Morgan fingerprint density at radius 3 is 2.44 bits per heavy atom. The van der Waals surface area contributed by atoms with E-state index in [0.29, 0.717) is 17.6 Å². The van der Waals surface area contributed by atoms with Crippen LogP contribution in [-0.4, -0.2) is 33.0 Å². The summed E-state index contributed by atoms with van der Waals surface area (Å²) in [4.78, 5) is 0. The van der Waals surface area contributed by atoms with E-state index in [9.17, 15) is 8.42 Å². The Morgan fingerprint density at radius 2 is 1.89 bits per heavy atom. The van der Waals surface area contributed by atoms with Crippen LogP contribution in [0.3, 0.4) is 0 Å². The highest BCUT2D eigenvalue weighted by molar-refractivity contribution is 7.90. The normalized spacial score (nSPS) is 27.1. The van der Waals surface area contributed by atoms with Crippen molar-refractivity contribution in [3.8, 4) is 0 Å². The minimum atomic E-state index is -2.90. The van der Waals surface area contributed by atoms with Crippen molar-refractivity contribution in [3.63, 3.8) is 0 Å². The lowest BCUT2D eigenvalue weighted by molar-refractivity contribution is 0.184. The second kappa shape index (κ2) is 7.49. The predicted molar refractivity (Wildman–Crippen MR) is 77.5 cm³/mol. The third-order valence-electron chi connectivity index (χ3n) is 4.15. The highest BCUT2D eigenvalue weighted by atomic mass is 32.2. The Bertz CT molecular complexity index is 327. The number of hydrogen-bond donors (Lipinski definition) is 1. The molecule has 0 aliphatic heterocycles. The monoisotopic (exact) mass is 275 g/mol. The van der Waals surface area contributed by atoms with Crippen LogP contribution in [0.2, 0.25) is 0 Å². The summed E-state index contributed by atoms with van der Waals surface area (Å²) in [5, 5.41) is 3.48. The summed E-state index contributed by atoms with van der Waals surface area (Å²) >= 11 is 0. The molecule has 0 amide bonds. The molecule has 0 radical (unpaired) electrons. The zero-order valence-electron chi connectivity index (χ0n) is 12.1. The Balaban J connectivity index is 2.72. The maximum absolute atomic E-state index is 11.6. The van der Waals surface area contributed by atoms with Crippen molar-refractivity contribution in [1.82, 2.24) is 5.32 Å². The van der Waals surface area contributed by atoms with Crippen molar-refractivity contribution in [2.24, 2.45) is 11.8 Å². The molecule has 0 heterocycles. The van der Waals surface area contributed by atoms with Gasteiger partial charge in [0, 0.05) is 12.3 Å². The standard InChI is InChI=1S/C14H29NO2S/c1-4-10-15-14(11-18(3,16)17)13-9-7-6-8-12(13)5-2/h12-15H,4-11H2,1-3H3. The third-order valence-corrected chi connectivity index (χ3v) is 5.11. The first-order chi connectivity index (χ1) is 8.48. The average Bonchev–Trinajstić information content (AvgIpc) is 2.33. The minimum absolute atomic E-state index is 0.158. The van der Waals surface area contributed by atoms with Gasteiger partial charge in [-0.05, 0) is 31.2 Å². The molecule has 0 bridgehead atoms. The molecule has 3 unspecified atom stereocenters. The van der Waals surface area contributed by atoms with Crippen LogP contribution in [0.15, 0.2) is 0 Å². The molecule has 0 aromatic carbocycles.